The standard InChI is InChI=1S/C15H14ClF2N/c1-9-13(17)4-3-5-15(9)19-10(2)11-6-7-14(18)12(16)8-11/h3-8,10,19H,1-2H3. The van der Waals surface area contributed by atoms with Crippen molar-refractivity contribution in [2.75, 3.05) is 5.32 Å². The van der Waals surface area contributed by atoms with Crippen molar-refractivity contribution in [1.82, 2.24) is 0 Å². The van der Waals surface area contributed by atoms with Crippen molar-refractivity contribution in [1.29, 1.82) is 0 Å². The molecule has 0 aliphatic rings. The van der Waals surface area contributed by atoms with Gasteiger partial charge in [-0.25, -0.2) is 8.78 Å². The van der Waals surface area contributed by atoms with E-state index in [1.165, 1.54) is 12.1 Å². The number of hydrogen-bond donors (Lipinski definition) is 1. The molecule has 1 N–H and O–H groups in total. The van der Waals surface area contributed by atoms with E-state index in [1.807, 2.05) is 6.92 Å². The van der Waals surface area contributed by atoms with Gasteiger partial charge in [0.15, 0.2) is 0 Å². The van der Waals surface area contributed by atoms with Crippen LogP contribution in [0.1, 0.15) is 24.1 Å². The largest absolute Gasteiger partial charge is 0.378 e. The minimum atomic E-state index is -0.445. The molecule has 0 fully saturated rings. The molecular formula is C15H14ClF2N. The van der Waals surface area contributed by atoms with Crippen LogP contribution in [0.5, 0.6) is 0 Å². The van der Waals surface area contributed by atoms with Gasteiger partial charge in [0, 0.05) is 17.3 Å². The monoisotopic (exact) mass is 281 g/mol. The summed E-state index contributed by atoms with van der Waals surface area (Å²) in [6.45, 7) is 3.62. The summed E-state index contributed by atoms with van der Waals surface area (Å²) in [5, 5.41) is 3.28. The highest BCUT2D eigenvalue weighted by Crippen LogP contribution is 2.26. The van der Waals surface area contributed by atoms with E-state index in [-0.39, 0.29) is 16.9 Å². The Balaban J connectivity index is 2.23. The lowest BCUT2D eigenvalue weighted by Crippen LogP contribution is -2.08. The molecule has 0 heterocycles. The summed E-state index contributed by atoms with van der Waals surface area (Å²) in [5.41, 5.74) is 2.12. The zero-order chi connectivity index (χ0) is 14.0. The van der Waals surface area contributed by atoms with Crippen LogP contribution >= 0.6 is 11.6 Å². The van der Waals surface area contributed by atoms with Crippen molar-refractivity contribution in [3.8, 4) is 0 Å². The molecule has 4 heteroatoms. The van der Waals surface area contributed by atoms with Crippen LogP contribution in [-0.2, 0) is 0 Å². The quantitative estimate of drug-likeness (QED) is 0.825. The molecule has 0 aliphatic carbocycles. The maximum Gasteiger partial charge on any atom is 0.141 e. The Morgan fingerprint density at radius 1 is 1.11 bits per heavy atom. The zero-order valence-electron chi connectivity index (χ0n) is 10.7. The summed E-state index contributed by atoms with van der Waals surface area (Å²) in [7, 11) is 0. The summed E-state index contributed by atoms with van der Waals surface area (Å²) in [4.78, 5) is 0. The van der Waals surface area contributed by atoms with Crippen LogP contribution in [0.15, 0.2) is 36.4 Å². The van der Waals surface area contributed by atoms with Crippen LogP contribution in [0.4, 0.5) is 14.5 Å². The molecule has 0 saturated heterocycles. The van der Waals surface area contributed by atoms with Gasteiger partial charge in [-0.1, -0.05) is 23.7 Å². The number of anilines is 1. The van der Waals surface area contributed by atoms with Gasteiger partial charge in [0.1, 0.15) is 11.6 Å². The van der Waals surface area contributed by atoms with E-state index in [9.17, 15) is 8.78 Å². The average Bonchev–Trinajstić information content (AvgIpc) is 2.38. The Bertz CT molecular complexity index is 599. The van der Waals surface area contributed by atoms with Crippen LogP contribution in [0.25, 0.3) is 0 Å². The third-order valence-electron chi connectivity index (χ3n) is 3.08. The Labute approximate surface area is 116 Å². The predicted octanol–water partition coefficient (Wildman–Crippen LogP) is 5.10. The smallest absolute Gasteiger partial charge is 0.141 e. The maximum atomic E-state index is 13.4. The molecule has 1 atom stereocenters. The van der Waals surface area contributed by atoms with E-state index in [1.54, 1.807) is 31.2 Å². The van der Waals surface area contributed by atoms with Crippen LogP contribution in [0.2, 0.25) is 5.02 Å². The molecule has 19 heavy (non-hydrogen) atoms. The molecule has 100 valence electrons. The van der Waals surface area contributed by atoms with Gasteiger partial charge in [-0.15, -0.1) is 0 Å². The second-order valence-electron chi connectivity index (χ2n) is 4.45. The minimum absolute atomic E-state index is 0.0853. The van der Waals surface area contributed by atoms with E-state index in [0.717, 1.165) is 5.56 Å². The van der Waals surface area contributed by atoms with Gasteiger partial charge in [-0.05, 0) is 43.7 Å². The highest BCUT2D eigenvalue weighted by Gasteiger charge is 2.10. The fraction of sp³-hybridized carbons (Fsp3) is 0.200. The van der Waals surface area contributed by atoms with Crippen molar-refractivity contribution in [3.63, 3.8) is 0 Å². The van der Waals surface area contributed by atoms with Crippen molar-refractivity contribution < 1.29 is 8.78 Å². The van der Waals surface area contributed by atoms with E-state index < -0.39 is 5.82 Å². The Kier molecular flexibility index (Phi) is 4.05. The molecule has 2 aromatic rings. The van der Waals surface area contributed by atoms with Crippen molar-refractivity contribution in [3.05, 3.63) is 64.2 Å². The van der Waals surface area contributed by atoms with Gasteiger partial charge < -0.3 is 5.32 Å². The minimum Gasteiger partial charge on any atom is -0.378 e. The number of nitrogens with one attached hydrogen (secondary N) is 1. The van der Waals surface area contributed by atoms with Gasteiger partial charge in [-0.3, -0.25) is 0 Å². The average molecular weight is 282 g/mol. The van der Waals surface area contributed by atoms with Crippen molar-refractivity contribution in [2.45, 2.75) is 19.9 Å². The van der Waals surface area contributed by atoms with Crippen molar-refractivity contribution >= 4 is 17.3 Å². The summed E-state index contributed by atoms with van der Waals surface area (Å²) in [6, 6.07) is 9.33. The summed E-state index contributed by atoms with van der Waals surface area (Å²) < 4.78 is 26.5. The molecule has 0 amide bonds. The van der Waals surface area contributed by atoms with Crippen LogP contribution in [0, 0.1) is 18.6 Å². The molecule has 2 aromatic carbocycles. The lowest BCUT2D eigenvalue weighted by molar-refractivity contribution is 0.618. The molecule has 0 aromatic heterocycles. The van der Waals surface area contributed by atoms with Gasteiger partial charge in [-0.2, -0.15) is 0 Å². The first-order valence-corrected chi connectivity index (χ1v) is 6.33. The number of halogens is 3. The van der Waals surface area contributed by atoms with Gasteiger partial charge >= 0.3 is 0 Å². The molecule has 1 nitrogen and oxygen atoms in total. The lowest BCUT2D eigenvalue weighted by atomic mass is 10.1. The third-order valence-corrected chi connectivity index (χ3v) is 3.37. The fourth-order valence-corrected chi connectivity index (χ4v) is 2.05. The predicted molar refractivity (Wildman–Crippen MR) is 74.6 cm³/mol. The molecule has 0 saturated carbocycles. The molecule has 1 unspecified atom stereocenters. The first kappa shape index (κ1) is 13.8. The summed E-state index contributed by atoms with van der Waals surface area (Å²) in [5.74, 6) is -0.700. The summed E-state index contributed by atoms with van der Waals surface area (Å²) in [6.07, 6.45) is 0. The van der Waals surface area contributed by atoms with Gasteiger partial charge in [0.05, 0.1) is 5.02 Å². The normalized spacial score (nSPS) is 12.3. The first-order valence-electron chi connectivity index (χ1n) is 5.95. The Morgan fingerprint density at radius 3 is 2.53 bits per heavy atom. The van der Waals surface area contributed by atoms with E-state index in [0.29, 0.717) is 11.3 Å². The first-order chi connectivity index (χ1) is 8.99. The molecule has 0 radical (unpaired) electrons. The lowest BCUT2D eigenvalue weighted by Gasteiger charge is -2.18. The van der Waals surface area contributed by atoms with Crippen LogP contribution in [-0.4, -0.2) is 0 Å². The second kappa shape index (κ2) is 5.57. The second-order valence-corrected chi connectivity index (χ2v) is 4.86. The molecule has 0 aliphatic heterocycles. The topological polar surface area (TPSA) is 12.0 Å². The van der Waals surface area contributed by atoms with E-state index >= 15 is 0 Å². The highest BCUT2D eigenvalue weighted by atomic mass is 35.5. The summed E-state index contributed by atoms with van der Waals surface area (Å²) >= 11 is 5.75. The van der Waals surface area contributed by atoms with Crippen LogP contribution in [0.3, 0.4) is 0 Å². The maximum absolute atomic E-state index is 13.4. The number of rotatable bonds is 3. The van der Waals surface area contributed by atoms with E-state index in [2.05, 4.69) is 5.32 Å². The Morgan fingerprint density at radius 2 is 1.84 bits per heavy atom. The molecule has 0 spiro atoms. The van der Waals surface area contributed by atoms with Crippen molar-refractivity contribution in [2.24, 2.45) is 0 Å². The number of benzene rings is 2. The zero-order valence-corrected chi connectivity index (χ0v) is 11.4. The SMILES string of the molecule is Cc1c(F)cccc1NC(C)c1ccc(F)c(Cl)c1. The van der Waals surface area contributed by atoms with E-state index in [4.69, 9.17) is 11.6 Å². The fourth-order valence-electron chi connectivity index (χ4n) is 1.86. The Hall–Kier alpha value is -1.61. The molecular weight excluding hydrogens is 268 g/mol. The molecule has 0 bridgehead atoms. The number of hydrogen-bond acceptors (Lipinski definition) is 1. The highest BCUT2D eigenvalue weighted by molar-refractivity contribution is 6.30. The molecule has 2 rings (SSSR count). The van der Waals surface area contributed by atoms with Gasteiger partial charge in [0.2, 0.25) is 0 Å². The third kappa shape index (κ3) is 3.04. The van der Waals surface area contributed by atoms with Gasteiger partial charge in [0.25, 0.3) is 0 Å². The van der Waals surface area contributed by atoms with Crippen LogP contribution < -0.4 is 5.32 Å².